The third kappa shape index (κ3) is 2.81. The van der Waals surface area contributed by atoms with E-state index >= 15 is 0 Å². The molecule has 1 aliphatic rings. The highest BCUT2D eigenvalue weighted by Crippen LogP contribution is 2.30. The van der Waals surface area contributed by atoms with Crippen molar-refractivity contribution >= 4 is 12.0 Å². The van der Waals surface area contributed by atoms with Crippen molar-refractivity contribution in [3.8, 4) is 0 Å². The Balaban J connectivity index is 2.52. The van der Waals surface area contributed by atoms with Crippen molar-refractivity contribution in [1.82, 2.24) is 10.2 Å². The number of urea groups is 1. The van der Waals surface area contributed by atoms with Gasteiger partial charge in [-0.1, -0.05) is 36.4 Å². The van der Waals surface area contributed by atoms with E-state index in [0.29, 0.717) is 17.8 Å². The molecule has 2 amide bonds. The molecule has 1 unspecified atom stereocenters. The molecule has 110 valence electrons. The van der Waals surface area contributed by atoms with Crippen LogP contribution in [0.25, 0.3) is 0 Å². The van der Waals surface area contributed by atoms with Gasteiger partial charge in [0.25, 0.3) is 0 Å². The van der Waals surface area contributed by atoms with Crippen LogP contribution < -0.4 is 5.32 Å². The molecule has 0 fully saturated rings. The third-order valence-corrected chi connectivity index (χ3v) is 3.45. The predicted octanol–water partition coefficient (Wildman–Crippen LogP) is 2.39. The molecule has 1 aromatic rings. The normalized spacial score (nSPS) is 18.3. The topological polar surface area (TPSA) is 58.6 Å². The summed E-state index contributed by atoms with van der Waals surface area (Å²) in [4.78, 5) is 25.8. The standard InChI is InChI=1S/C16H18N2O3/c1-4-10-18-11(2)13(15(19)21-3)14(17-16(18)20)12-8-6-5-7-9-12/h4-9,14H,1,10H2,2-3H3,(H,17,20). The number of amides is 2. The first-order chi connectivity index (χ1) is 10.1. The van der Waals surface area contributed by atoms with Gasteiger partial charge in [-0.25, -0.2) is 9.59 Å². The van der Waals surface area contributed by atoms with E-state index in [1.807, 2.05) is 30.3 Å². The largest absolute Gasteiger partial charge is 0.466 e. The maximum absolute atomic E-state index is 12.2. The van der Waals surface area contributed by atoms with Crippen molar-refractivity contribution in [2.75, 3.05) is 13.7 Å². The number of methoxy groups -OCH3 is 1. The summed E-state index contributed by atoms with van der Waals surface area (Å²) in [7, 11) is 1.33. The van der Waals surface area contributed by atoms with Gasteiger partial charge in [0.2, 0.25) is 0 Å². The number of nitrogens with one attached hydrogen (secondary N) is 1. The molecule has 0 saturated heterocycles. The first-order valence-corrected chi connectivity index (χ1v) is 6.63. The predicted molar refractivity (Wildman–Crippen MR) is 79.3 cm³/mol. The minimum Gasteiger partial charge on any atom is -0.466 e. The number of hydrogen-bond donors (Lipinski definition) is 1. The Morgan fingerprint density at radius 1 is 1.43 bits per heavy atom. The Labute approximate surface area is 123 Å². The highest BCUT2D eigenvalue weighted by molar-refractivity contribution is 5.95. The summed E-state index contributed by atoms with van der Waals surface area (Å²) < 4.78 is 4.87. The van der Waals surface area contributed by atoms with E-state index in [4.69, 9.17) is 4.74 Å². The molecule has 0 aliphatic carbocycles. The Bertz CT molecular complexity index is 593. The third-order valence-electron chi connectivity index (χ3n) is 3.45. The zero-order valence-electron chi connectivity index (χ0n) is 12.1. The molecule has 0 bridgehead atoms. The molecular formula is C16H18N2O3. The van der Waals surface area contributed by atoms with Crippen LogP contribution in [0.5, 0.6) is 0 Å². The van der Waals surface area contributed by atoms with Gasteiger partial charge in [0.05, 0.1) is 18.7 Å². The van der Waals surface area contributed by atoms with Crippen molar-refractivity contribution in [3.05, 3.63) is 59.8 Å². The molecule has 0 aromatic heterocycles. The van der Waals surface area contributed by atoms with E-state index < -0.39 is 12.0 Å². The molecule has 1 N–H and O–H groups in total. The molecule has 21 heavy (non-hydrogen) atoms. The second-order valence-corrected chi connectivity index (χ2v) is 4.68. The highest BCUT2D eigenvalue weighted by atomic mass is 16.5. The van der Waals surface area contributed by atoms with Crippen LogP contribution in [-0.4, -0.2) is 30.6 Å². The van der Waals surface area contributed by atoms with Gasteiger partial charge in [0.1, 0.15) is 0 Å². The number of esters is 1. The second kappa shape index (κ2) is 6.26. The molecule has 0 saturated carbocycles. The van der Waals surface area contributed by atoms with Crippen LogP contribution in [0.1, 0.15) is 18.5 Å². The molecule has 1 heterocycles. The van der Waals surface area contributed by atoms with Crippen LogP contribution >= 0.6 is 0 Å². The van der Waals surface area contributed by atoms with Crippen LogP contribution in [0.2, 0.25) is 0 Å². The van der Waals surface area contributed by atoms with Crippen LogP contribution in [0.4, 0.5) is 4.79 Å². The first-order valence-electron chi connectivity index (χ1n) is 6.63. The van der Waals surface area contributed by atoms with Crippen molar-refractivity contribution in [2.45, 2.75) is 13.0 Å². The minimum atomic E-state index is -0.507. The Morgan fingerprint density at radius 2 is 2.10 bits per heavy atom. The fourth-order valence-corrected chi connectivity index (χ4v) is 2.40. The van der Waals surface area contributed by atoms with Gasteiger partial charge in [-0.15, -0.1) is 6.58 Å². The number of benzene rings is 1. The van der Waals surface area contributed by atoms with E-state index in [1.165, 1.54) is 12.0 Å². The van der Waals surface area contributed by atoms with E-state index in [-0.39, 0.29) is 6.03 Å². The number of ether oxygens (including phenoxy) is 1. The summed E-state index contributed by atoms with van der Waals surface area (Å²) in [6, 6.07) is 8.58. The summed E-state index contributed by atoms with van der Waals surface area (Å²) in [5.41, 5.74) is 1.85. The minimum absolute atomic E-state index is 0.256. The van der Waals surface area contributed by atoms with E-state index in [0.717, 1.165) is 5.56 Å². The lowest BCUT2D eigenvalue weighted by molar-refractivity contribution is -0.136. The molecule has 5 nitrogen and oxygen atoms in total. The Morgan fingerprint density at radius 3 is 2.67 bits per heavy atom. The number of hydrogen-bond acceptors (Lipinski definition) is 3. The number of nitrogens with zero attached hydrogens (tertiary/aromatic N) is 1. The van der Waals surface area contributed by atoms with Crippen molar-refractivity contribution in [3.63, 3.8) is 0 Å². The maximum atomic E-state index is 12.2. The zero-order chi connectivity index (χ0) is 15.4. The second-order valence-electron chi connectivity index (χ2n) is 4.68. The van der Waals surface area contributed by atoms with E-state index in [9.17, 15) is 9.59 Å². The van der Waals surface area contributed by atoms with Gasteiger partial charge in [-0.3, -0.25) is 4.90 Å². The lowest BCUT2D eigenvalue weighted by Gasteiger charge is -2.34. The van der Waals surface area contributed by atoms with Gasteiger partial charge in [-0.2, -0.15) is 0 Å². The van der Waals surface area contributed by atoms with Gasteiger partial charge in [0, 0.05) is 12.2 Å². The summed E-state index contributed by atoms with van der Waals surface area (Å²) >= 11 is 0. The molecule has 1 atom stereocenters. The smallest absolute Gasteiger partial charge is 0.337 e. The Kier molecular flexibility index (Phi) is 4.42. The number of carbonyl (C=O) groups excluding carboxylic acids is 2. The fraction of sp³-hybridized carbons (Fsp3) is 0.250. The maximum Gasteiger partial charge on any atom is 0.337 e. The highest BCUT2D eigenvalue weighted by Gasteiger charge is 2.35. The molecule has 0 spiro atoms. The van der Waals surface area contributed by atoms with Gasteiger partial charge in [0.15, 0.2) is 0 Å². The Hall–Kier alpha value is -2.56. The van der Waals surface area contributed by atoms with Crippen LogP contribution in [0.15, 0.2) is 54.3 Å². The SMILES string of the molecule is C=CCN1C(=O)NC(c2ccccc2)C(C(=O)OC)=C1C. The number of allylic oxidation sites excluding steroid dienone is 1. The molecule has 2 rings (SSSR count). The van der Waals surface area contributed by atoms with Gasteiger partial charge < -0.3 is 10.1 Å². The lowest BCUT2D eigenvalue weighted by Crippen LogP contribution is -2.47. The number of rotatable bonds is 4. The molecule has 5 heteroatoms. The van der Waals surface area contributed by atoms with Crippen molar-refractivity contribution < 1.29 is 14.3 Å². The summed E-state index contributed by atoms with van der Waals surface area (Å²) in [5, 5.41) is 2.84. The van der Waals surface area contributed by atoms with Crippen LogP contribution in [-0.2, 0) is 9.53 Å². The average Bonchev–Trinajstić information content (AvgIpc) is 2.51. The average molecular weight is 286 g/mol. The molecule has 1 aromatic carbocycles. The summed E-state index contributed by atoms with van der Waals surface area (Å²) in [5.74, 6) is -0.449. The van der Waals surface area contributed by atoms with Crippen LogP contribution in [0.3, 0.4) is 0 Å². The van der Waals surface area contributed by atoms with Crippen molar-refractivity contribution in [2.24, 2.45) is 0 Å². The fourth-order valence-electron chi connectivity index (χ4n) is 2.40. The van der Waals surface area contributed by atoms with E-state index in [2.05, 4.69) is 11.9 Å². The summed E-state index contributed by atoms with van der Waals surface area (Å²) in [6.45, 7) is 5.70. The lowest BCUT2D eigenvalue weighted by atomic mass is 9.95. The van der Waals surface area contributed by atoms with Gasteiger partial charge >= 0.3 is 12.0 Å². The monoisotopic (exact) mass is 286 g/mol. The summed E-state index contributed by atoms with van der Waals surface area (Å²) in [6.07, 6.45) is 1.61. The molecular weight excluding hydrogens is 268 g/mol. The molecule has 0 radical (unpaired) electrons. The van der Waals surface area contributed by atoms with Gasteiger partial charge in [-0.05, 0) is 12.5 Å². The zero-order valence-corrected chi connectivity index (χ0v) is 12.1. The first kappa shape index (κ1) is 14.8. The van der Waals surface area contributed by atoms with E-state index in [1.54, 1.807) is 13.0 Å². The quantitative estimate of drug-likeness (QED) is 0.683. The van der Waals surface area contributed by atoms with Crippen molar-refractivity contribution in [1.29, 1.82) is 0 Å². The van der Waals surface area contributed by atoms with Crippen LogP contribution in [0, 0.1) is 0 Å². The number of carbonyl (C=O) groups is 2. The molecule has 1 aliphatic heterocycles.